The Morgan fingerprint density at radius 1 is 1.40 bits per heavy atom. The van der Waals surface area contributed by atoms with Crippen molar-refractivity contribution in [1.29, 1.82) is 0 Å². The first-order valence-electron chi connectivity index (χ1n) is 7.60. The summed E-state index contributed by atoms with van der Waals surface area (Å²) in [5, 5.41) is 10.6. The molecule has 1 N–H and O–H groups in total. The van der Waals surface area contributed by atoms with Crippen LogP contribution in [0.15, 0.2) is 24.3 Å². The van der Waals surface area contributed by atoms with Gasteiger partial charge in [0.05, 0.1) is 17.6 Å². The lowest BCUT2D eigenvalue weighted by molar-refractivity contribution is -0.384. The lowest BCUT2D eigenvalue weighted by Crippen LogP contribution is -2.40. The first-order chi connectivity index (χ1) is 11.9. The Morgan fingerprint density at radius 3 is 2.68 bits per heavy atom. The summed E-state index contributed by atoms with van der Waals surface area (Å²) < 4.78 is 5.26. The summed E-state index contributed by atoms with van der Waals surface area (Å²) in [4.78, 5) is 39.8. The van der Waals surface area contributed by atoms with E-state index in [-0.39, 0.29) is 36.1 Å². The molecular formula is C15H19N3O6S. The van der Waals surface area contributed by atoms with Crippen LogP contribution in [0.2, 0.25) is 0 Å². The zero-order chi connectivity index (χ0) is 18.4. The van der Waals surface area contributed by atoms with Crippen LogP contribution in [0, 0.1) is 10.1 Å². The molecule has 1 heterocycles. The lowest BCUT2D eigenvalue weighted by atomic mass is 10.2. The van der Waals surface area contributed by atoms with Crippen molar-refractivity contribution in [1.82, 2.24) is 10.4 Å². The Balaban J connectivity index is 1.87. The van der Waals surface area contributed by atoms with E-state index in [0.717, 1.165) is 0 Å². The van der Waals surface area contributed by atoms with Gasteiger partial charge in [0, 0.05) is 30.9 Å². The second-order valence-electron chi connectivity index (χ2n) is 5.64. The average molecular weight is 369 g/mol. The molecule has 2 unspecified atom stereocenters. The van der Waals surface area contributed by atoms with Crippen molar-refractivity contribution in [2.24, 2.45) is 0 Å². The monoisotopic (exact) mass is 369 g/mol. The van der Waals surface area contributed by atoms with E-state index >= 15 is 0 Å². The maximum atomic E-state index is 12.3. The molecule has 136 valence electrons. The smallest absolute Gasteiger partial charge is 0.410 e. The summed E-state index contributed by atoms with van der Waals surface area (Å²) in [5.74, 6) is -0.326. The van der Waals surface area contributed by atoms with E-state index in [0.29, 0.717) is 18.5 Å². The highest BCUT2D eigenvalue weighted by Crippen LogP contribution is 2.23. The number of nitrogens with zero attached hydrogens (tertiary/aromatic N) is 2. The molecule has 0 saturated carbocycles. The average Bonchev–Trinajstić information content (AvgIpc) is 2.93. The Kier molecular flexibility index (Phi) is 6.59. The molecule has 1 saturated heterocycles. The first kappa shape index (κ1) is 19.0. The van der Waals surface area contributed by atoms with E-state index in [9.17, 15) is 19.7 Å². The van der Waals surface area contributed by atoms with Crippen LogP contribution in [0.4, 0.5) is 10.5 Å². The summed E-state index contributed by atoms with van der Waals surface area (Å²) in [7, 11) is 0. The standard InChI is InChI=1S/C15H19N3O6S/c1-10(19)16-24-9-13-6-14(25)7-17(13)15(20)23-8-11-2-4-12(5-3-11)18(21)22/h2-5,13-14,25H,6-9H2,1H3,(H,16,19). The molecule has 2 atom stereocenters. The van der Waals surface area contributed by atoms with Crippen molar-refractivity contribution in [3.63, 3.8) is 0 Å². The largest absolute Gasteiger partial charge is 0.445 e. The highest BCUT2D eigenvalue weighted by molar-refractivity contribution is 7.81. The van der Waals surface area contributed by atoms with Gasteiger partial charge in [0.15, 0.2) is 0 Å². The van der Waals surface area contributed by atoms with Crippen LogP contribution < -0.4 is 5.48 Å². The first-order valence-corrected chi connectivity index (χ1v) is 8.11. The zero-order valence-corrected chi connectivity index (χ0v) is 14.5. The number of carbonyl (C=O) groups is 2. The molecule has 0 spiro atoms. The van der Waals surface area contributed by atoms with E-state index in [1.165, 1.54) is 36.1 Å². The number of nitrogens with one attached hydrogen (secondary N) is 1. The van der Waals surface area contributed by atoms with E-state index in [2.05, 4.69) is 18.1 Å². The number of nitro benzene ring substituents is 1. The molecule has 0 aliphatic carbocycles. The van der Waals surface area contributed by atoms with Crippen molar-refractivity contribution >= 4 is 30.3 Å². The fourth-order valence-corrected chi connectivity index (χ4v) is 2.87. The number of thiol groups is 1. The van der Waals surface area contributed by atoms with Crippen molar-refractivity contribution in [3.05, 3.63) is 39.9 Å². The number of nitro groups is 1. The molecule has 0 bridgehead atoms. The van der Waals surface area contributed by atoms with Gasteiger partial charge in [-0.15, -0.1) is 0 Å². The topological polar surface area (TPSA) is 111 Å². The van der Waals surface area contributed by atoms with Crippen molar-refractivity contribution < 1.29 is 24.1 Å². The number of ether oxygens (including phenoxy) is 1. The van der Waals surface area contributed by atoms with Gasteiger partial charge in [-0.1, -0.05) is 0 Å². The van der Waals surface area contributed by atoms with E-state index in [4.69, 9.17) is 9.57 Å². The highest BCUT2D eigenvalue weighted by atomic mass is 32.1. The van der Waals surface area contributed by atoms with E-state index in [1.807, 2.05) is 0 Å². The Morgan fingerprint density at radius 2 is 2.08 bits per heavy atom. The van der Waals surface area contributed by atoms with Gasteiger partial charge < -0.3 is 9.64 Å². The fraction of sp³-hybridized carbons (Fsp3) is 0.467. The van der Waals surface area contributed by atoms with Gasteiger partial charge in [-0.05, 0) is 24.1 Å². The number of hydroxylamine groups is 1. The minimum Gasteiger partial charge on any atom is -0.445 e. The number of hydrogen-bond donors (Lipinski definition) is 2. The Hall–Kier alpha value is -2.33. The molecule has 10 heteroatoms. The molecule has 0 radical (unpaired) electrons. The molecule has 1 aliphatic rings. The number of amides is 2. The van der Waals surface area contributed by atoms with Gasteiger partial charge in [-0.25, -0.2) is 10.3 Å². The van der Waals surface area contributed by atoms with Crippen LogP contribution in [-0.4, -0.2) is 46.3 Å². The summed E-state index contributed by atoms with van der Waals surface area (Å²) in [5.41, 5.74) is 2.84. The summed E-state index contributed by atoms with van der Waals surface area (Å²) in [6.45, 7) is 1.88. The van der Waals surface area contributed by atoms with E-state index in [1.54, 1.807) is 0 Å². The number of benzene rings is 1. The van der Waals surface area contributed by atoms with Crippen LogP contribution in [-0.2, 0) is 21.0 Å². The highest BCUT2D eigenvalue weighted by Gasteiger charge is 2.35. The van der Waals surface area contributed by atoms with Gasteiger partial charge in [-0.2, -0.15) is 12.6 Å². The predicted molar refractivity (Wildman–Crippen MR) is 90.9 cm³/mol. The van der Waals surface area contributed by atoms with Crippen LogP contribution >= 0.6 is 12.6 Å². The van der Waals surface area contributed by atoms with Crippen molar-refractivity contribution in [2.45, 2.75) is 31.2 Å². The minimum atomic E-state index is -0.522. The minimum absolute atomic E-state index is 0.00199. The molecule has 1 aliphatic heterocycles. The molecule has 1 aromatic carbocycles. The Labute approximate surface area is 149 Å². The predicted octanol–water partition coefficient (Wildman–Crippen LogP) is 1.67. The van der Waals surface area contributed by atoms with Gasteiger partial charge in [0.1, 0.15) is 6.61 Å². The lowest BCUT2D eigenvalue weighted by Gasteiger charge is -2.23. The van der Waals surface area contributed by atoms with Crippen molar-refractivity contribution in [2.75, 3.05) is 13.2 Å². The van der Waals surface area contributed by atoms with Crippen LogP contribution in [0.5, 0.6) is 0 Å². The molecule has 9 nitrogen and oxygen atoms in total. The summed E-state index contributed by atoms with van der Waals surface area (Å²) in [6, 6.07) is 5.53. The number of hydrogen-bond acceptors (Lipinski definition) is 7. The van der Waals surface area contributed by atoms with Gasteiger partial charge >= 0.3 is 6.09 Å². The third-order valence-electron chi connectivity index (χ3n) is 3.63. The third-order valence-corrected chi connectivity index (χ3v) is 4.00. The van der Waals surface area contributed by atoms with Gasteiger partial charge in [0.2, 0.25) is 5.91 Å². The summed E-state index contributed by atoms with van der Waals surface area (Å²) in [6.07, 6.45) is 0.0984. The van der Waals surface area contributed by atoms with Crippen LogP contribution in [0.3, 0.4) is 0 Å². The maximum absolute atomic E-state index is 12.3. The van der Waals surface area contributed by atoms with Crippen molar-refractivity contribution in [3.8, 4) is 0 Å². The summed E-state index contributed by atoms with van der Waals surface area (Å²) >= 11 is 4.38. The molecule has 1 aromatic rings. The van der Waals surface area contributed by atoms with E-state index < -0.39 is 11.0 Å². The molecular weight excluding hydrogens is 350 g/mol. The normalized spacial score (nSPS) is 19.5. The number of rotatable bonds is 6. The number of non-ortho nitro benzene ring substituents is 1. The maximum Gasteiger partial charge on any atom is 0.410 e. The second-order valence-corrected chi connectivity index (χ2v) is 6.37. The quantitative estimate of drug-likeness (QED) is 0.448. The van der Waals surface area contributed by atoms with Crippen LogP contribution in [0.25, 0.3) is 0 Å². The second kappa shape index (κ2) is 8.67. The molecule has 0 aromatic heterocycles. The molecule has 2 amide bonds. The van der Waals surface area contributed by atoms with Crippen LogP contribution in [0.1, 0.15) is 18.9 Å². The van der Waals surface area contributed by atoms with Gasteiger partial charge in [-0.3, -0.25) is 19.7 Å². The SMILES string of the molecule is CC(=O)NOCC1CC(S)CN1C(=O)OCc1ccc([N+](=O)[O-])cc1. The number of likely N-dealkylation sites (tertiary alicyclic amines) is 1. The molecule has 25 heavy (non-hydrogen) atoms. The van der Waals surface area contributed by atoms with Gasteiger partial charge in [0.25, 0.3) is 5.69 Å². The fourth-order valence-electron chi connectivity index (χ4n) is 2.45. The molecule has 2 rings (SSSR count). The molecule has 1 fully saturated rings. The third kappa shape index (κ3) is 5.61. The number of carbonyl (C=O) groups excluding carboxylic acids is 2. The zero-order valence-electron chi connectivity index (χ0n) is 13.6. The Bertz CT molecular complexity index is 639.